The van der Waals surface area contributed by atoms with Crippen molar-refractivity contribution in [1.82, 2.24) is 5.32 Å². The lowest BCUT2D eigenvalue weighted by Gasteiger charge is -2.29. The number of hydrogen-bond acceptors (Lipinski definition) is 4. The second kappa shape index (κ2) is 10.5. The Morgan fingerprint density at radius 1 is 1.09 bits per heavy atom. The van der Waals surface area contributed by atoms with Crippen molar-refractivity contribution in [2.45, 2.75) is 20.0 Å². The number of amides is 2. The molecule has 0 bridgehead atoms. The summed E-state index contributed by atoms with van der Waals surface area (Å²) in [5.41, 5.74) is 3.06. The van der Waals surface area contributed by atoms with Crippen LogP contribution in [-0.2, 0) is 22.6 Å². The first-order chi connectivity index (χ1) is 16.4. The van der Waals surface area contributed by atoms with E-state index < -0.39 is 11.8 Å². The number of halogens is 2. The topological polar surface area (TPSA) is 58.6 Å². The second-order valence-corrected chi connectivity index (χ2v) is 9.25. The molecule has 0 unspecified atom stereocenters. The Labute approximate surface area is 216 Å². The summed E-state index contributed by atoms with van der Waals surface area (Å²) in [4.78, 5) is 27.4. The Hall–Kier alpha value is -3.00. The molecular weight excluding hydrogens is 536 g/mol. The van der Waals surface area contributed by atoms with Crippen molar-refractivity contribution in [3.8, 4) is 5.75 Å². The van der Waals surface area contributed by atoms with Gasteiger partial charge in [0.05, 0.1) is 5.69 Å². The van der Waals surface area contributed by atoms with Gasteiger partial charge in [0, 0.05) is 20.6 Å². The first-order valence-corrected chi connectivity index (χ1v) is 12.1. The molecule has 0 radical (unpaired) electrons. The molecule has 2 amide bonds. The lowest BCUT2D eigenvalue weighted by molar-refractivity contribution is -0.122. The first kappa shape index (κ1) is 24.1. The molecule has 0 atom stereocenters. The summed E-state index contributed by atoms with van der Waals surface area (Å²) in [6.07, 6.45) is 2.39. The van der Waals surface area contributed by atoms with Crippen LogP contribution < -0.4 is 15.0 Å². The van der Waals surface area contributed by atoms with Crippen LogP contribution in [0.25, 0.3) is 6.08 Å². The van der Waals surface area contributed by atoms with Gasteiger partial charge in [-0.1, -0.05) is 64.8 Å². The van der Waals surface area contributed by atoms with Crippen LogP contribution in [0.1, 0.15) is 23.6 Å². The van der Waals surface area contributed by atoms with Crippen LogP contribution in [0.3, 0.4) is 0 Å². The van der Waals surface area contributed by atoms with Crippen LogP contribution in [0.4, 0.5) is 5.69 Å². The van der Waals surface area contributed by atoms with E-state index in [1.165, 1.54) is 11.0 Å². The number of nitrogens with zero attached hydrogens (tertiary/aromatic N) is 1. The zero-order chi connectivity index (χ0) is 24.2. The fourth-order valence-electron chi connectivity index (χ4n) is 3.46. The molecule has 1 saturated heterocycles. The number of anilines is 1. The van der Waals surface area contributed by atoms with E-state index in [4.69, 9.17) is 28.6 Å². The van der Waals surface area contributed by atoms with Gasteiger partial charge in [0.1, 0.15) is 17.9 Å². The molecule has 3 aromatic carbocycles. The highest BCUT2D eigenvalue weighted by molar-refractivity contribution is 9.10. The number of carbonyl (C=O) groups excluding carboxylic acids is 2. The summed E-state index contributed by atoms with van der Waals surface area (Å²) in [5.74, 6) is -0.563. The predicted octanol–water partition coefficient (Wildman–Crippen LogP) is 6.08. The molecule has 1 aliphatic rings. The van der Waals surface area contributed by atoms with E-state index in [9.17, 15) is 9.59 Å². The van der Waals surface area contributed by atoms with Gasteiger partial charge < -0.3 is 4.74 Å². The van der Waals surface area contributed by atoms with Crippen LogP contribution in [0.2, 0.25) is 5.02 Å². The number of ether oxygens (including phenoxy) is 1. The summed E-state index contributed by atoms with van der Waals surface area (Å²) < 4.78 is 6.77. The highest BCUT2D eigenvalue weighted by Gasteiger charge is 2.34. The van der Waals surface area contributed by atoms with E-state index in [0.717, 1.165) is 22.0 Å². The van der Waals surface area contributed by atoms with Crippen LogP contribution in [0.15, 0.2) is 76.8 Å². The van der Waals surface area contributed by atoms with E-state index in [1.54, 1.807) is 18.2 Å². The highest BCUT2D eigenvalue weighted by atomic mass is 79.9. The minimum atomic E-state index is -0.562. The van der Waals surface area contributed by atoms with Crippen molar-refractivity contribution in [2.24, 2.45) is 0 Å². The van der Waals surface area contributed by atoms with Crippen molar-refractivity contribution in [3.63, 3.8) is 0 Å². The molecule has 34 heavy (non-hydrogen) atoms. The molecule has 1 heterocycles. The Morgan fingerprint density at radius 2 is 1.82 bits per heavy atom. The van der Waals surface area contributed by atoms with E-state index in [2.05, 4.69) is 28.2 Å². The average Bonchev–Trinajstić information content (AvgIpc) is 2.82. The fourth-order valence-corrected chi connectivity index (χ4v) is 4.31. The molecule has 0 saturated carbocycles. The number of rotatable bonds is 6. The van der Waals surface area contributed by atoms with E-state index in [1.807, 2.05) is 48.5 Å². The fraction of sp³-hybridized carbons (Fsp3) is 0.115. The normalized spacial score (nSPS) is 15.0. The summed E-state index contributed by atoms with van der Waals surface area (Å²) in [5, 5.41) is 3.26. The van der Waals surface area contributed by atoms with Gasteiger partial charge >= 0.3 is 0 Å². The van der Waals surface area contributed by atoms with Gasteiger partial charge in [-0.3, -0.25) is 19.8 Å². The third-order valence-corrected chi connectivity index (χ3v) is 6.46. The number of benzene rings is 3. The van der Waals surface area contributed by atoms with Crippen molar-refractivity contribution in [3.05, 3.63) is 98.5 Å². The molecule has 172 valence electrons. The lowest BCUT2D eigenvalue weighted by atomic mass is 10.1. The van der Waals surface area contributed by atoms with Gasteiger partial charge in [-0.15, -0.1) is 0 Å². The Bertz CT molecular complexity index is 1310. The van der Waals surface area contributed by atoms with E-state index in [0.29, 0.717) is 22.0 Å². The van der Waals surface area contributed by atoms with Crippen LogP contribution in [-0.4, -0.2) is 16.9 Å². The number of carbonyl (C=O) groups is 2. The van der Waals surface area contributed by atoms with Gasteiger partial charge in [0.25, 0.3) is 11.8 Å². The second-order valence-electron chi connectivity index (χ2n) is 7.54. The molecule has 1 N–H and O–H groups in total. The molecule has 1 fully saturated rings. The maximum atomic E-state index is 13.4. The summed E-state index contributed by atoms with van der Waals surface area (Å²) in [6, 6.07) is 20.3. The summed E-state index contributed by atoms with van der Waals surface area (Å²) >= 11 is 15.0. The highest BCUT2D eigenvalue weighted by Crippen LogP contribution is 2.29. The van der Waals surface area contributed by atoms with Crippen LogP contribution >= 0.6 is 39.7 Å². The molecule has 5 nitrogen and oxygen atoms in total. The largest absolute Gasteiger partial charge is 0.488 e. The molecule has 0 aromatic heterocycles. The third-order valence-electron chi connectivity index (χ3n) is 5.32. The van der Waals surface area contributed by atoms with Crippen molar-refractivity contribution < 1.29 is 14.3 Å². The summed E-state index contributed by atoms with van der Waals surface area (Å²) in [6.45, 7) is 2.29. The van der Waals surface area contributed by atoms with E-state index >= 15 is 0 Å². The van der Waals surface area contributed by atoms with Crippen LogP contribution in [0, 0.1) is 0 Å². The SMILES string of the molecule is CCc1ccc(N2C(=O)/C(=C/c3cc(Br)ccc3OCc3ccccc3Cl)C(=O)NC2=S)cc1. The van der Waals surface area contributed by atoms with Gasteiger partial charge in [0.2, 0.25) is 0 Å². The minimum absolute atomic E-state index is 0.0424. The molecular formula is C26H20BrClN2O3S. The molecule has 3 aromatic rings. The maximum absolute atomic E-state index is 13.4. The van der Waals surface area contributed by atoms with Gasteiger partial charge in [-0.05, 0) is 66.7 Å². The van der Waals surface area contributed by atoms with Gasteiger partial charge in [-0.2, -0.15) is 0 Å². The van der Waals surface area contributed by atoms with E-state index in [-0.39, 0.29) is 17.3 Å². The average molecular weight is 556 g/mol. The lowest BCUT2D eigenvalue weighted by Crippen LogP contribution is -2.54. The monoisotopic (exact) mass is 554 g/mol. The number of aryl methyl sites for hydroxylation is 1. The Kier molecular flexibility index (Phi) is 7.46. The minimum Gasteiger partial charge on any atom is -0.488 e. The standard InChI is InChI=1S/C26H20BrClN2O3S/c1-2-16-7-10-20(11-8-16)30-25(32)21(24(31)29-26(30)34)14-18-13-19(27)9-12-23(18)33-15-17-5-3-4-6-22(17)28/h3-14H,2,15H2,1H3,(H,29,31,34)/b21-14+. The summed E-state index contributed by atoms with van der Waals surface area (Å²) in [7, 11) is 0. The quantitative estimate of drug-likeness (QED) is 0.228. The Balaban J connectivity index is 1.67. The van der Waals surface area contributed by atoms with Crippen molar-refractivity contribution >= 4 is 68.4 Å². The molecule has 0 aliphatic carbocycles. The molecule has 1 aliphatic heterocycles. The Morgan fingerprint density at radius 3 is 2.53 bits per heavy atom. The van der Waals surface area contributed by atoms with Crippen molar-refractivity contribution in [1.29, 1.82) is 0 Å². The molecule has 4 rings (SSSR count). The number of thiocarbonyl (C=S) groups is 1. The third kappa shape index (κ3) is 5.22. The predicted molar refractivity (Wildman–Crippen MR) is 142 cm³/mol. The zero-order valence-corrected chi connectivity index (χ0v) is 21.3. The smallest absolute Gasteiger partial charge is 0.270 e. The molecule has 0 spiro atoms. The van der Waals surface area contributed by atoms with Crippen LogP contribution in [0.5, 0.6) is 5.75 Å². The number of hydrogen-bond donors (Lipinski definition) is 1. The van der Waals surface area contributed by atoms with Gasteiger partial charge in [-0.25, -0.2) is 0 Å². The van der Waals surface area contributed by atoms with Gasteiger partial charge in [0.15, 0.2) is 5.11 Å². The maximum Gasteiger partial charge on any atom is 0.270 e. The number of nitrogens with one attached hydrogen (secondary N) is 1. The first-order valence-electron chi connectivity index (χ1n) is 10.5. The molecule has 8 heteroatoms. The van der Waals surface area contributed by atoms with Crippen molar-refractivity contribution in [2.75, 3.05) is 4.90 Å². The zero-order valence-electron chi connectivity index (χ0n) is 18.2.